The van der Waals surface area contributed by atoms with Gasteiger partial charge in [0, 0.05) is 22.6 Å². The van der Waals surface area contributed by atoms with Crippen molar-refractivity contribution in [3.8, 4) is 5.69 Å². The lowest BCUT2D eigenvalue weighted by molar-refractivity contribution is 0.156. The van der Waals surface area contributed by atoms with E-state index < -0.39 is 0 Å². The maximum absolute atomic E-state index is 13.3. The Morgan fingerprint density at radius 1 is 1.37 bits per heavy atom. The molecule has 1 aliphatic rings. The van der Waals surface area contributed by atoms with Crippen LogP contribution in [0.2, 0.25) is 0 Å². The molecule has 1 aliphatic carbocycles. The van der Waals surface area contributed by atoms with Gasteiger partial charge in [0.15, 0.2) is 0 Å². The van der Waals surface area contributed by atoms with E-state index in [-0.39, 0.29) is 11.9 Å². The van der Waals surface area contributed by atoms with Gasteiger partial charge in [0.05, 0.1) is 10.6 Å². The maximum atomic E-state index is 13.3. The van der Waals surface area contributed by atoms with Crippen LogP contribution in [0.3, 0.4) is 0 Å². The molecule has 1 aromatic heterocycles. The third-order valence-electron chi connectivity index (χ3n) is 3.73. The number of hydrogen-bond donors (Lipinski definition) is 1. The number of rotatable bonds is 1. The van der Waals surface area contributed by atoms with Crippen molar-refractivity contribution in [2.45, 2.75) is 32.3 Å². The van der Waals surface area contributed by atoms with Crippen molar-refractivity contribution in [1.29, 1.82) is 0 Å². The molecule has 0 saturated heterocycles. The summed E-state index contributed by atoms with van der Waals surface area (Å²) in [6, 6.07) is 7.05. The van der Waals surface area contributed by atoms with E-state index >= 15 is 0 Å². The van der Waals surface area contributed by atoms with Crippen LogP contribution >= 0.6 is 15.9 Å². The summed E-state index contributed by atoms with van der Waals surface area (Å²) in [7, 11) is 0. The first kappa shape index (κ1) is 12.9. The Morgan fingerprint density at radius 2 is 2.16 bits per heavy atom. The molecule has 2 nitrogen and oxygen atoms in total. The van der Waals surface area contributed by atoms with Crippen LogP contribution in [-0.2, 0) is 6.42 Å². The molecule has 100 valence electrons. The van der Waals surface area contributed by atoms with E-state index in [1.165, 1.54) is 6.07 Å². The molecule has 0 amide bonds. The lowest BCUT2D eigenvalue weighted by Crippen LogP contribution is -2.11. The minimum Gasteiger partial charge on any atom is -0.388 e. The lowest BCUT2D eigenvalue weighted by atomic mass is 9.95. The molecule has 0 aliphatic heterocycles. The molecular formula is C15H15BrFNO. The highest BCUT2D eigenvalue weighted by Gasteiger charge is 2.23. The van der Waals surface area contributed by atoms with Gasteiger partial charge in [-0.2, -0.15) is 0 Å². The molecule has 2 aromatic rings. The van der Waals surface area contributed by atoms with Gasteiger partial charge in [0.25, 0.3) is 0 Å². The minimum absolute atomic E-state index is 0.262. The number of aliphatic hydroxyl groups is 1. The molecule has 1 aromatic carbocycles. The lowest BCUT2D eigenvalue weighted by Gasteiger charge is -2.20. The molecule has 1 heterocycles. The number of aryl methyl sites for hydroxylation is 1. The van der Waals surface area contributed by atoms with Crippen LogP contribution < -0.4 is 0 Å². The molecule has 1 unspecified atom stereocenters. The summed E-state index contributed by atoms with van der Waals surface area (Å²) in [5.74, 6) is -0.262. The van der Waals surface area contributed by atoms with Crippen LogP contribution in [0.15, 0.2) is 28.7 Å². The molecule has 19 heavy (non-hydrogen) atoms. The first-order valence-electron chi connectivity index (χ1n) is 6.42. The average molecular weight is 324 g/mol. The highest BCUT2D eigenvalue weighted by Crippen LogP contribution is 2.34. The molecule has 0 spiro atoms. The van der Waals surface area contributed by atoms with Crippen molar-refractivity contribution < 1.29 is 9.50 Å². The molecule has 0 saturated carbocycles. The van der Waals surface area contributed by atoms with Crippen molar-refractivity contribution in [3.05, 3.63) is 51.5 Å². The summed E-state index contributed by atoms with van der Waals surface area (Å²) < 4.78 is 15.9. The number of hydrogen-bond acceptors (Lipinski definition) is 1. The largest absolute Gasteiger partial charge is 0.388 e. The van der Waals surface area contributed by atoms with Crippen molar-refractivity contribution in [3.63, 3.8) is 0 Å². The molecule has 0 fully saturated rings. The van der Waals surface area contributed by atoms with Gasteiger partial charge in [-0.25, -0.2) is 4.39 Å². The van der Waals surface area contributed by atoms with E-state index in [1.807, 2.05) is 13.0 Å². The SMILES string of the molecule is Cc1cc2c(n1-c1ccc(F)c(Br)c1)CCCC2O. The number of nitrogens with zero attached hydrogens (tertiary/aromatic N) is 1. The Hall–Kier alpha value is -1.13. The summed E-state index contributed by atoms with van der Waals surface area (Å²) >= 11 is 3.23. The van der Waals surface area contributed by atoms with Gasteiger partial charge < -0.3 is 9.67 Å². The van der Waals surface area contributed by atoms with Gasteiger partial charge in [-0.05, 0) is 66.4 Å². The molecule has 1 atom stereocenters. The maximum Gasteiger partial charge on any atom is 0.137 e. The van der Waals surface area contributed by atoms with E-state index in [0.29, 0.717) is 4.47 Å². The quantitative estimate of drug-likeness (QED) is 0.841. The first-order valence-corrected chi connectivity index (χ1v) is 7.22. The van der Waals surface area contributed by atoms with Crippen LogP contribution in [0.4, 0.5) is 4.39 Å². The summed E-state index contributed by atoms with van der Waals surface area (Å²) in [4.78, 5) is 0. The number of aromatic nitrogens is 1. The molecule has 0 radical (unpaired) electrons. The zero-order valence-electron chi connectivity index (χ0n) is 10.7. The van der Waals surface area contributed by atoms with Crippen LogP contribution in [0.1, 0.15) is 35.9 Å². The second kappa shape index (κ2) is 4.76. The second-order valence-corrected chi connectivity index (χ2v) is 5.88. The summed E-state index contributed by atoms with van der Waals surface area (Å²) in [5, 5.41) is 10.1. The smallest absolute Gasteiger partial charge is 0.137 e. The summed E-state index contributed by atoms with van der Waals surface area (Å²) in [6.45, 7) is 2.02. The zero-order valence-corrected chi connectivity index (χ0v) is 12.2. The first-order chi connectivity index (χ1) is 9.08. The van der Waals surface area contributed by atoms with Gasteiger partial charge in [-0.1, -0.05) is 0 Å². The predicted molar refractivity (Wildman–Crippen MR) is 76.1 cm³/mol. The number of fused-ring (bicyclic) bond motifs is 1. The fraction of sp³-hybridized carbons (Fsp3) is 0.333. The van der Waals surface area contributed by atoms with Crippen molar-refractivity contribution >= 4 is 15.9 Å². The highest BCUT2D eigenvalue weighted by atomic mass is 79.9. The van der Waals surface area contributed by atoms with Gasteiger partial charge in [-0.3, -0.25) is 0 Å². The Kier molecular flexibility index (Phi) is 3.23. The average Bonchev–Trinajstić information content (AvgIpc) is 2.71. The zero-order chi connectivity index (χ0) is 13.6. The normalized spacial score (nSPS) is 18.4. The third-order valence-corrected chi connectivity index (χ3v) is 4.34. The topological polar surface area (TPSA) is 25.2 Å². The Balaban J connectivity index is 2.17. The van der Waals surface area contributed by atoms with E-state index in [1.54, 1.807) is 12.1 Å². The second-order valence-electron chi connectivity index (χ2n) is 5.03. The van der Waals surface area contributed by atoms with Crippen molar-refractivity contribution in [2.75, 3.05) is 0 Å². The van der Waals surface area contributed by atoms with Crippen LogP contribution in [-0.4, -0.2) is 9.67 Å². The van der Waals surface area contributed by atoms with Gasteiger partial charge in [-0.15, -0.1) is 0 Å². The number of benzene rings is 1. The van der Waals surface area contributed by atoms with Crippen molar-refractivity contribution in [2.24, 2.45) is 0 Å². The molecule has 0 bridgehead atoms. The van der Waals surface area contributed by atoms with E-state index in [0.717, 1.165) is 41.9 Å². The monoisotopic (exact) mass is 323 g/mol. The molecular weight excluding hydrogens is 309 g/mol. The van der Waals surface area contributed by atoms with Crippen LogP contribution in [0.5, 0.6) is 0 Å². The van der Waals surface area contributed by atoms with E-state index in [9.17, 15) is 9.50 Å². The Labute approximate surface area is 120 Å². The molecule has 4 heteroatoms. The Morgan fingerprint density at radius 3 is 2.89 bits per heavy atom. The summed E-state index contributed by atoms with van der Waals surface area (Å²) in [5.41, 5.74) is 4.17. The van der Waals surface area contributed by atoms with Gasteiger partial charge in [0.2, 0.25) is 0 Å². The van der Waals surface area contributed by atoms with Crippen LogP contribution in [0, 0.1) is 12.7 Å². The number of halogens is 2. The summed E-state index contributed by atoms with van der Waals surface area (Å²) in [6.07, 6.45) is 2.39. The van der Waals surface area contributed by atoms with E-state index in [2.05, 4.69) is 20.5 Å². The van der Waals surface area contributed by atoms with E-state index in [4.69, 9.17) is 0 Å². The third kappa shape index (κ3) is 2.13. The number of aliphatic hydroxyl groups excluding tert-OH is 1. The predicted octanol–water partition coefficient (Wildman–Crippen LogP) is 4.06. The fourth-order valence-electron chi connectivity index (χ4n) is 2.86. The van der Waals surface area contributed by atoms with Gasteiger partial charge in [0.1, 0.15) is 5.82 Å². The minimum atomic E-state index is -0.368. The fourth-order valence-corrected chi connectivity index (χ4v) is 3.23. The van der Waals surface area contributed by atoms with Gasteiger partial charge >= 0.3 is 0 Å². The molecule has 3 rings (SSSR count). The Bertz CT molecular complexity index is 635. The molecule has 1 N–H and O–H groups in total. The van der Waals surface area contributed by atoms with Crippen molar-refractivity contribution in [1.82, 2.24) is 4.57 Å². The highest BCUT2D eigenvalue weighted by molar-refractivity contribution is 9.10. The standard InChI is InChI=1S/C15H15BrFNO/c1-9-7-11-14(3-2-4-15(11)19)18(9)10-5-6-13(17)12(16)8-10/h5-8,15,19H,2-4H2,1H3. The van der Waals surface area contributed by atoms with Crippen LogP contribution in [0.25, 0.3) is 5.69 Å².